The average Bonchev–Trinajstić information content (AvgIpc) is 3.25. The minimum Gasteiger partial charge on any atom is -0.319 e. The van der Waals surface area contributed by atoms with Gasteiger partial charge in [-0.2, -0.15) is 0 Å². The lowest BCUT2D eigenvalue weighted by atomic mass is 9.89. The molecule has 56 heavy (non-hydrogen) atoms. The third-order valence-corrected chi connectivity index (χ3v) is 12.3. The van der Waals surface area contributed by atoms with Gasteiger partial charge in [0.2, 0.25) is 0 Å². The summed E-state index contributed by atoms with van der Waals surface area (Å²) in [7, 11) is -2.41. The van der Waals surface area contributed by atoms with E-state index < -0.39 is 7.14 Å². The van der Waals surface area contributed by atoms with Crippen LogP contribution in [0.2, 0.25) is 0 Å². The number of fused-ring (bicyclic) bond motifs is 5. The van der Waals surface area contributed by atoms with Gasteiger partial charge in [0.25, 0.3) is 0 Å². The molecule has 0 radical (unpaired) electrons. The van der Waals surface area contributed by atoms with Crippen LogP contribution >= 0.6 is 7.14 Å². The summed E-state index contributed by atoms with van der Waals surface area (Å²) >= 11 is 0. The van der Waals surface area contributed by atoms with Crippen molar-refractivity contribution in [3.63, 3.8) is 0 Å². The summed E-state index contributed by atoms with van der Waals surface area (Å²) in [6.45, 7) is 3.61. The van der Waals surface area contributed by atoms with Crippen LogP contribution in [0.4, 0.5) is 0 Å². The van der Waals surface area contributed by atoms with Gasteiger partial charge in [0.05, 0.1) is 0 Å². The first-order valence-corrected chi connectivity index (χ1v) is 21.4. The highest BCUT2D eigenvalue weighted by Gasteiger charge is 2.17. The molecular formula is C51H36N3OP. The van der Waals surface area contributed by atoms with Crippen LogP contribution in [0.25, 0.3) is 99.5 Å². The van der Waals surface area contributed by atoms with Crippen LogP contribution in [0.15, 0.2) is 182 Å². The minimum absolute atomic E-state index is 0.592. The van der Waals surface area contributed by atoms with Gasteiger partial charge >= 0.3 is 0 Å². The maximum absolute atomic E-state index is 12.9. The lowest BCUT2D eigenvalue weighted by Gasteiger charge is -2.15. The zero-order chi connectivity index (χ0) is 37.8. The molecule has 1 heterocycles. The van der Waals surface area contributed by atoms with E-state index in [1.165, 1.54) is 43.4 Å². The maximum atomic E-state index is 12.9. The first-order chi connectivity index (χ1) is 27.4. The molecule has 0 saturated heterocycles. The van der Waals surface area contributed by atoms with E-state index in [0.29, 0.717) is 17.5 Å². The summed E-state index contributed by atoms with van der Waals surface area (Å²) in [5.74, 6) is 1.81. The fourth-order valence-corrected chi connectivity index (χ4v) is 8.78. The molecular weight excluding hydrogens is 702 g/mol. The number of aromatic nitrogens is 3. The van der Waals surface area contributed by atoms with Crippen molar-refractivity contribution in [3.8, 4) is 56.4 Å². The van der Waals surface area contributed by atoms with Crippen LogP contribution in [-0.4, -0.2) is 28.3 Å². The van der Waals surface area contributed by atoms with Crippen LogP contribution < -0.4 is 5.30 Å². The predicted octanol–water partition coefficient (Wildman–Crippen LogP) is 13.1. The highest BCUT2D eigenvalue weighted by molar-refractivity contribution is 7.70. The topological polar surface area (TPSA) is 55.7 Å². The predicted molar refractivity (Wildman–Crippen MR) is 236 cm³/mol. The fraction of sp³-hybridized carbons (Fsp3) is 0.0392. The van der Waals surface area contributed by atoms with Gasteiger partial charge < -0.3 is 4.57 Å². The Morgan fingerprint density at radius 3 is 1.62 bits per heavy atom. The Morgan fingerprint density at radius 1 is 0.339 bits per heavy atom. The van der Waals surface area contributed by atoms with Crippen LogP contribution in [0.3, 0.4) is 0 Å². The highest BCUT2D eigenvalue weighted by atomic mass is 31.2. The Bertz CT molecular complexity index is 3200. The molecule has 0 N–H and O–H groups in total. The molecule has 10 aromatic rings. The highest BCUT2D eigenvalue weighted by Crippen LogP contribution is 2.41. The zero-order valence-electron chi connectivity index (χ0n) is 31.0. The molecule has 9 aromatic carbocycles. The maximum Gasteiger partial charge on any atom is 0.164 e. The molecule has 0 atom stereocenters. The first kappa shape index (κ1) is 33.8. The molecule has 0 aliphatic carbocycles. The molecule has 0 spiro atoms. The standard InChI is InChI=1S/C51H36N3OP/c1-56(2,55)43-19-11-17-36(31-43)35-16-10-18-41(29-35)50-52-49(34-13-4-3-5-14-34)53-51(54-50)42-25-23-37-28-40(24-22-38(37)30-42)48-45-21-9-7-15-39(45)32-47-44-20-8-6-12-33(44)26-27-46(47)48/h3-32H,1-2H3. The molecule has 0 unspecified atom stereocenters. The molecule has 0 saturated carbocycles. The van der Waals surface area contributed by atoms with Gasteiger partial charge in [0, 0.05) is 22.0 Å². The molecule has 0 fully saturated rings. The van der Waals surface area contributed by atoms with E-state index >= 15 is 0 Å². The third kappa shape index (κ3) is 6.15. The molecule has 0 aliphatic rings. The largest absolute Gasteiger partial charge is 0.319 e. The summed E-state index contributed by atoms with van der Waals surface area (Å²) in [6, 6.07) is 63.7. The smallest absolute Gasteiger partial charge is 0.164 e. The second kappa shape index (κ2) is 13.5. The van der Waals surface area contributed by atoms with Crippen molar-refractivity contribution in [1.29, 1.82) is 0 Å². The summed E-state index contributed by atoms with van der Waals surface area (Å²) in [5.41, 5.74) is 7.16. The van der Waals surface area contributed by atoms with Crippen LogP contribution in [0, 0.1) is 0 Å². The van der Waals surface area contributed by atoms with Gasteiger partial charge in [-0.1, -0.05) is 152 Å². The van der Waals surface area contributed by atoms with E-state index in [-0.39, 0.29) is 0 Å². The molecule has 1 aromatic heterocycles. The first-order valence-electron chi connectivity index (χ1n) is 18.8. The third-order valence-electron chi connectivity index (χ3n) is 10.7. The van der Waals surface area contributed by atoms with E-state index in [1.807, 2.05) is 60.7 Å². The Morgan fingerprint density at radius 2 is 0.875 bits per heavy atom. The molecule has 10 rings (SSSR count). The molecule has 0 amide bonds. The van der Waals surface area contributed by atoms with E-state index in [0.717, 1.165) is 43.9 Å². The second-order valence-electron chi connectivity index (χ2n) is 14.8. The fourth-order valence-electron chi connectivity index (χ4n) is 7.88. The Balaban J connectivity index is 1.09. The normalized spacial score (nSPS) is 11.8. The number of nitrogens with zero attached hydrogens (tertiary/aromatic N) is 3. The van der Waals surface area contributed by atoms with Gasteiger partial charge in [0.15, 0.2) is 17.5 Å². The van der Waals surface area contributed by atoms with E-state index in [2.05, 4.69) is 121 Å². The monoisotopic (exact) mass is 737 g/mol. The van der Waals surface area contributed by atoms with Crippen molar-refractivity contribution in [1.82, 2.24) is 15.0 Å². The number of hydrogen-bond acceptors (Lipinski definition) is 4. The number of rotatable bonds is 6. The van der Waals surface area contributed by atoms with Crippen LogP contribution in [0.1, 0.15) is 0 Å². The van der Waals surface area contributed by atoms with Gasteiger partial charge in [-0.3, -0.25) is 0 Å². The average molecular weight is 738 g/mol. The number of benzene rings is 9. The molecule has 0 aliphatic heterocycles. The summed E-state index contributed by atoms with van der Waals surface area (Å²) < 4.78 is 12.9. The molecule has 266 valence electrons. The SMILES string of the molecule is CP(C)(=O)c1cccc(-c2cccc(-c3nc(-c4ccccc4)nc(-c4ccc5cc(-c6c7ccccc7cc7c6ccc6ccccc67)ccc5c4)n3)c2)c1. The molecule has 0 bridgehead atoms. The number of hydrogen-bond donors (Lipinski definition) is 0. The van der Waals surface area contributed by atoms with Crippen molar-refractivity contribution < 1.29 is 4.57 Å². The van der Waals surface area contributed by atoms with Gasteiger partial charge in [0.1, 0.15) is 7.14 Å². The van der Waals surface area contributed by atoms with Gasteiger partial charge in [-0.05, 0) is 109 Å². The van der Waals surface area contributed by atoms with Crippen molar-refractivity contribution >= 4 is 55.5 Å². The lowest BCUT2D eigenvalue weighted by Crippen LogP contribution is -2.02. The van der Waals surface area contributed by atoms with Crippen LogP contribution in [-0.2, 0) is 4.57 Å². The Labute approximate surface area is 325 Å². The van der Waals surface area contributed by atoms with E-state index in [1.54, 1.807) is 13.3 Å². The summed E-state index contributed by atoms with van der Waals surface area (Å²) in [4.78, 5) is 15.1. The Kier molecular flexibility index (Phi) is 8.17. The van der Waals surface area contributed by atoms with Crippen LogP contribution in [0.5, 0.6) is 0 Å². The summed E-state index contributed by atoms with van der Waals surface area (Å²) in [5, 5.41) is 10.6. The van der Waals surface area contributed by atoms with E-state index in [9.17, 15) is 4.57 Å². The van der Waals surface area contributed by atoms with Crippen molar-refractivity contribution in [2.75, 3.05) is 13.3 Å². The molecule has 5 heteroatoms. The van der Waals surface area contributed by atoms with E-state index in [4.69, 9.17) is 15.0 Å². The minimum atomic E-state index is -2.41. The molecule has 4 nitrogen and oxygen atoms in total. The summed E-state index contributed by atoms with van der Waals surface area (Å²) in [6.07, 6.45) is 0. The van der Waals surface area contributed by atoms with Crippen molar-refractivity contribution in [2.24, 2.45) is 0 Å². The van der Waals surface area contributed by atoms with Crippen molar-refractivity contribution in [3.05, 3.63) is 182 Å². The van der Waals surface area contributed by atoms with Gasteiger partial charge in [-0.25, -0.2) is 15.0 Å². The Hall–Kier alpha value is -6.74. The van der Waals surface area contributed by atoms with Crippen molar-refractivity contribution in [2.45, 2.75) is 0 Å². The lowest BCUT2D eigenvalue weighted by molar-refractivity contribution is 0.588. The van der Waals surface area contributed by atoms with Gasteiger partial charge in [-0.15, -0.1) is 0 Å². The second-order valence-corrected chi connectivity index (χ2v) is 18.0. The zero-order valence-corrected chi connectivity index (χ0v) is 31.9. The quantitative estimate of drug-likeness (QED) is 0.0968.